The van der Waals surface area contributed by atoms with Gasteiger partial charge >= 0.3 is 0 Å². The summed E-state index contributed by atoms with van der Waals surface area (Å²) in [5, 5.41) is 12.8. The second kappa shape index (κ2) is 9.14. The Morgan fingerprint density at radius 3 is 2.53 bits per heavy atom. The molecule has 5 rings (SSSR count). The van der Waals surface area contributed by atoms with E-state index in [9.17, 15) is 4.79 Å². The Bertz CT molecular complexity index is 1600. The monoisotopic (exact) mass is 483 g/mol. The topological polar surface area (TPSA) is 109 Å². The van der Waals surface area contributed by atoms with Gasteiger partial charge in [0.25, 0.3) is 5.91 Å². The molecule has 0 bridgehead atoms. The maximum Gasteiger partial charge on any atom is 0.256 e. The van der Waals surface area contributed by atoms with Crippen LogP contribution in [0.25, 0.3) is 22.5 Å². The standard InChI is InChI=1S/C26H25N7O3/c1-15-7-6-8-20(17(15)3)32-24-19(13-29-32)25(28-14-27-24)33-23(11-16(2)31-33)30-26(34)18-9-10-21(35-4)22(12-18)36-5/h6-14H,1-5H3,(H,30,34). The first-order valence-corrected chi connectivity index (χ1v) is 11.3. The molecule has 5 aromatic rings. The summed E-state index contributed by atoms with van der Waals surface area (Å²) in [7, 11) is 3.07. The number of carbonyl (C=O) groups is 1. The van der Waals surface area contributed by atoms with Gasteiger partial charge in [0.05, 0.1) is 37.2 Å². The number of anilines is 1. The van der Waals surface area contributed by atoms with Crippen molar-refractivity contribution in [2.24, 2.45) is 0 Å². The fourth-order valence-corrected chi connectivity index (χ4v) is 4.06. The van der Waals surface area contributed by atoms with Crippen molar-refractivity contribution in [3.63, 3.8) is 0 Å². The quantitative estimate of drug-likeness (QED) is 0.386. The maximum absolute atomic E-state index is 13.1. The number of methoxy groups -OCH3 is 2. The summed E-state index contributed by atoms with van der Waals surface area (Å²) in [6.07, 6.45) is 3.18. The molecule has 0 unspecified atom stereocenters. The van der Waals surface area contributed by atoms with E-state index in [1.165, 1.54) is 13.4 Å². The first-order chi connectivity index (χ1) is 17.4. The summed E-state index contributed by atoms with van der Waals surface area (Å²) in [6, 6.07) is 12.8. The number of aryl methyl sites for hydroxylation is 2. The van der Waals surface area contributed by atoms with E-state index in [0.717, 1.165) is 16.8 Å². The van der Waals surface area contributed by atoms with Gasteiger partial charge in [0, 0.05) is 11.6 Å². The molecule has 3 aromatic heterocycles. The fraction of sp³-hybridized carbons (Fsp3) is 0.192. The van der Waals surface area contributed by atoms with Crippen LogP contribution in [0.15, 0.2) is 55.0 Å². The van der Waals surface area contributed by atoms with Crippen LogP contribution in [0.5, 0.6) is 11.5 Å². The van der Waals surface area contributed by atoms with Gasteiger partial charge in [-0.3, -0.25) is 4.79 Å². The second-order valence-electron chi connectivity index (χ2n) is 8.32. The van der Waals surface area contributed by atoms with E-state index >= 15 is 0 Å². The summed E-state index contributed by atoms with van der Waals surface area (Å²) in [4.78, 5) is 22.1. The summed E-state index contributed by atoms with van der Waals surface area (Å²) < 4.78 is 14.0. The highest BCUT2D eigenvalue weighted by molar-refractivity contribution is 6.04. The third-order valence-electron chi connectivity index (χ3n) is 6.07. The van der Waals surface area contributed by atoms with Crippen molar-refractivity contribution in [2.75, 3.05) is 19.5 Å². The number of amides is 1. The predicted octanol–water partition coefficient (Wildman–Crippen LogP) is 4.20. The summed E-state index contributed by atoms with van der Waals surface area (Å²) in [6.45, 7) is 5.96. The number of fused-ring (bicyclic) bond motifs is 1. The van der Waals surface area contributed by atoms with Crippen molar-refractivity contribution in [1.29, 1.82) is 0 Å². The highest BCUT2D eigenvalue weighted by atomic mass is 16.5. The molecule has 0 aliphatic carbocycles. The fourth-order valence-electron chi connectivity index (χ4n) is 4.06. The van der Waals surface area contributed by atoms with E-state index in [2.05, 4.69) is 45.4 Å². The van der Waals surface area contributed by atoms with Crippen LogP contribution in [-0.4, -0.2) is 49.7 Å². The van der Waals surface area contributed by atoms with Crippen molar-refractivity contribution in [1.82, 2.24) is 29.5 Å². The largest absolute Gasteiger partial charge is 0.493 e. The minimum Gasteiger partial charge on any atom is -0.493 e. The van der Waals surface area contributed by atoms with Crippen LogP contribution in [0.1, 0.15) is 27.2 Å². The molecule has 182 valence electrons. The first-order valence-electron chi connectivity index (χ1n) is 11.3. The van der Waals surface area contributed by atoms with E-state index in [-0.39, 0.29) is 5.91 Å². The Kier molecular flexibility index (Phi) is 5.85. The van der Waals surface area contributed by atoms with Crippen LogP contribution in [0, 0.1) is 20.8 Å². The number of carbonyl (C=O) groups excluding carboxylic acids is 1. The highest BCUT2D eigenvalue weighted by Gasteiger charge is 2.19. The smallest absolute Gasteiger partial charge is 0.256 e. The van der Waals surface area contributed by atoms with E-state index < -0.39 is 0 Å². The molecule has 2 aromatic carbocycles. The van der Waals surface area contributed by atoms with Gasteiger partial charge in [-0.1, -0.05) is 12.1 Å². The molecule has 0 aliphatic rings. The predicted molar refractivity (Wildman–Crippen MR) is 135 cm³/mol. The molecule has 36 heavy (non-hydrogen) atoms. The van der Waals surface area contributed by atoms with Gasteiger partial charge < -0.3 is 14.8 Å². The Labute approximate surface area is 207 Å². The number of hydrogen-bond donors (Lipinski definition) is 1. The van der Waals surface area contributed by atoms with E-state index in [1.54, 1.807) is 46.9 Å². The van der Waals surface area contributed by atoms with Gasteiger partial charge in [0.1, 0.15) is 12.1 Å². The number of ether oxygens (including phenoxy) is 2. The van der Waals surface area contributed by atoms with E-state index in [1.807, 2.05) is 19.1 Å². The summed E-state index contributed by atoms with van der Waals surface area (Å²) in [5.41, 5.74) is 4.97. The second-order valence-corrected chi connectivity index (χ2v) is 8.32. The molecule has 1 amide bonds. The lowest BCUT2D eigenvalue weighted by atomic mass is 10.1. The summed E-state index contributed by atoms with van der Waals surface area (Å²) >= 11 is 0. The van der Waals surface area contributed by atoms with Gasteiger partial charge in [0.15, 0.2) is 23.0 Å². The van der Waals surface area contributed by atoms with Crippen molar-refractivity contribution in [3.8, 4) is 23.0 Å². The zero-order valence-electron chi connectivity index (χ0n) is 20.6. The zero-order valence-corrected chi connectivity index (χ0v) is 20.6. The van der Waals surface area contributed by atoms with Crippen LogP contribution < -0.4 is 14.8 Å². The number of hydrogen-bond acceptors (Lipinski definition) is 7. The molecular formula is C26H25N7O3. The molecule has 0 radical (unpaired) electrons. The van der Waals surface area contributed by atoms with E-state index in [0.29, 0.717) is 45.4 Å². The van der Waals surface area contributed by atoms with Crippen LogP contribution in [0.3, 0.4) is 0 Å². The lowest BCUT2D eigenvalue weighted by Crippen LogP contribution is -2.16. The molecule has 0 saturated carbocycles. The van der Waals surface area contributed by atoms with Crippen LogP contribution in [0.2, 0.25) is 0 Å². The first kappa shape index (κ1) is 23.0. The van der Waals surface area contributed by atoms with Crippen molar-refractivity contribution >= 4 is 22.8 Å². The highest BCUT2D eigenvalue weighted by Crippen LogP contribution is 2.29. The molecule has 0 atom stereocenters. The molecule has 0 aliphatic heterocycles. The number of rotatable bonds is 6. The van der Waals surface area contributed by atoms with E-state index in [4.69, 9.17) is 9.47 Å². The average Bonchev–Trinajstić information content (AvgIpc) is 3.48. The minimum atomic E-state index is -0.325. The third-order valence-corrected chi connectivity index (χ3v) is 6.07. The molecule has 1 N–H and O–H groups in total. The Morgan fingerprint density at radius 1 is 0.944 bits per heavy atom. The average molecular weight is 484 g/mol. The minimum absolute atomic E-state index is 0.325. The van der Waals surface area contributed by atoms with Crippen molar-refractivity contribution in [3.05, 3.63) is 77.4 Å². The molecule has 0 fully saturated rings. The Morgan fingerprint density at radius 2 is 1.75 bits per heavy atom. The van der Waals surface area contributed by atoms with Gasteiger partial charge in [-0.25, -0.2) is 14.6 Å². The Hall–Kier alpha value is -4.73. The van der Waals surface area contributed by atoms with Crippen LogP contribution in [-0.2, 0) is 0 Å². The van der Waals surface area contributed by atoms with Crippen molar-refractivity contribution in [2.45, 2.75) is 20.8 Å². The molecule has 10 heteroatoms. The normalized spacial score (nSPS) is 11.0. The van der Waals surface area contributed by atoms with Crippen LogP contribution in [0.4, 0.5) is 5.82 Å². The van der Waals surface area contributed by atoms with Gasteiger partial charge in [0.2, 0.25) is 0 Å². The summed E-state index contributed by atoms with van der Waals surface area (Å²) in [5.74, 6) is 1.65. The van der Waals surface area contributed by atoms with Gasteiger partial charge in [-0.2, -0.15) is 14.9 Å². The molecule has 10 nitrogen and oxygen atoms in total. The lowest BCUT2D eigenvalue weighted by molar-refractivity contribution is 0.102. The Balaban J connectivity index is 1.55. The van der Waals surface area contributed by atoms with Gasteiger partial charge in [-0.15, -0.1) is 0 Å². The molecule has 0 saturated heterocycles. The molecular weight excluding hydrogens is 458 g/mol. The number of aromatic nitrogens is 6. The van der Waals surface area contributed by atoms with Crippen LogP contribution >= 0.6 is 0 Å². The number of nitrogens with zero attached hydrogens (tertiary/aromatic N) is 6. The molecule has 3 heterocycles. The van der Waals surface area contributed by atoms with Crippen molar-refractivity contribution < 1.29 is 14.3 Å². The third kappa shape index (κ3) is 3.92. The number of nitrogens with one attached hydrogen (secondary N) is 1. The van der Waals surface area contributed by atoms with Gasteiger partial charge in [-0.05, 0) is 56.2 Å². The number of benzene rings is 2. The SMILES string of the molecule is COc1ccc(C(=O)Nc2cc(C)nn2-c2ncnc3c2cnn3-c2cccc(C)c2C)cc1OC. The zero-order chi connectivity index (χ0) is 25.4. The molecule has 0 spiro atoms. The lowest BCUT2D eigenvalue weighted by Gasteiger charge is -2.12. The maximum atomic E-state index is 13.1.